The molecular formula is C23H28N6O2. The minimum Gasteiger partial charge on any atom is -0.341 e. The average Bonchev–Trinajstić information content (AvgIpc) is 2.79. The van der Waals surface area contributed by atoms with E-state index in [0.29, 0.717) is 23.4 Å². The number of aryl methyl sites for hydroxylation is 2. The molecule has 8 nitrogen and oxygen atoms in total. The highest BCUT2D eigenvalue weighted by atomic mass is 16.2. The van der Waals surface area contributed by atoms with Crippen molar-refractivity contribution in [2.75, 3.05) is 23.3 Å². The molecule has 1 amide bonds. The van der Waals surface area contributed by atoms with Crippen molar-refractivity contribution in [2.45, 2.75) is 52.5 Å². The van der Waals surface area contributed by atoms with Gasteiger partial charge in [0.1, 0.15) is 17.8 Å². The summed E-state index contributed by atoms with van der Waals surface area (Å²) >= 11 is 0. The van der Waals surface area contributed by atoms with Crippen molar-refractivity contribution in [3.05, 3.63) is 52.2 Å². The Morgan fingerprint density at radius 1 is 1.13 bits per heavy atom. The first-order chi connectivity index (χ1) is 15.0. The molecule has 4 rings (SSSR count). The van der Waals surface area contributed by atoms with Crippen LogP contribution in [0.2, 0.25) is 0 Å². The van der Waals surface area contributed by atoms with Gasteiger partial charge < -0.3 is 10.2 Å². The molecule has 1 fully saturated rings. The van der Waals surface area contributed by atoms with Crippen LogP contribution in [0.3, 0.4) is 0 Å². The van der Waals surface area contributed by atoms with Gasteiger partial charge in [-0.1, -0.05) is 25.1 Å². The number of hydrogen-bond donors (Lipinski definition) is 1. The first-order valence-corrected chi connectivity index (χ1v) is 10.9. The van der Waals surface area contributed by atoms with Gasteiger partial charge in [-0.25, -0.2) is 9.97 Å². The third-order valence-electron chi connectivity index (χ3n) is 5.92. The molecule has 3 aromatic rings. The fourth-order valence-electron chi connectivity index (χ4n) is 4.12. The van der Waals surface area contributed by atoms with Gasteiger partial charge >= 0.3 is 0 Å². The van der Waals surface area contributed by atoms with Crippen LogP contribution in [0.1, 0.15) is 49.8 Å². The van der Waals surface area contributed by atoms with Crippen molar-refractivity contribution in [2.24, 2.45) is 0 Å². The number of nitrogens with one attached hydrogen (secondary N) is 1. The highest BCUT2D eigenvalue weighted by Crippen LogP contribution is 2.22. The zero-order chi connectivity index (χ0) is 22.0. The molecule has 0 radical (unpaired) electrons. The standard InChI is InChI=1S/C23H28N6O2/c1-4-18(21(30)26-19-15(2)9-8-10-16(19)3)29-14-25-20-17(22(29)31)13-24-23(27-20)28-11-6-5-7-12-28/h8-10,13-14,18H,4-7,11-12H2,1-3H3,(H,26,30). The van der Waals surface area contributed by atoms with Crippen molar-refractivity contribution in [3.63, 3.8) is 0 Å². The van der Waals surface area contributed by atoms with E-state index in [1.165, 1.54) is 23.5 Å². The second-order valence-electron chi connectivity index (χ2n) is 8.09. The van der Waals surface area contributed by atoms with Gasteiger partial charge in [-0.2, -0.15) is 4.98 Å². The molecule has 3 heterocycles. The van der Waals surface area contributed by atoms with Crippen molar-refractivity contribution in [3.8, 4) is 0 Å². The Labute approximate surface area is 181 Å². The number of fused-ring (bicyclic) bond motifs is 1. The molecule has 31 heavy (non-hydrogen) atoms. The lowest BCUT2D eigenvalue weighted by molar-refractivity contribution is -0.119. The number of benzene rings is 1. The molecule has 1 saturated heterocycles. The molecule has 1 unspecified atom stereocenters. The van der Waals surface area contributed by atoms with Gasteiger partial charge in [-0.05, 0) is 50.7 Å². The molecular weight excluding hydrogens is 392 g/mol. The number of amides is 1. The van der Waals surface area contributed by atoms with E-state index >= 15 is 0 Å². The molecule has 1 atom stereocenters. The van der Waals surface area contributed by atoms with Crippen molar-refractivity contribution in [1.82, 2.24) is 19.5 Å². The Balaban J connectivity index is 1.64. The number of hydrogen-bond acceptors (Lipinski definition) is 6. The van der Waals surface area contributed by atoms with Crippen molar-refractivity contribution >= 4 is 28.6 Å². The minimum absolute atomic E-state index is 0.242. The van der Waals surface area contributed by atoms with Crippen LogP contribution in [-0.4, -0.2) is 38.5 Å². The molecule has 162 valence electrons. The highest BCUT2D eigenvalue weighted by molar-refractivity contribution is 5.95. The van der Waals surface area contributed by atoms with Crippen LogP contribution in [0.5, 0.6) is 0 Å². The monoisotopic (exact) mass is 420 g/mol. The summed E-state index contributed by atoms with van der Waals surface area (Å²) in [5.41, 5.74) is 2.79. The van der Waals surface area contributed by atoms with E-state index in [9.17, 15) is 9.59 Å². The second kappa shape index (κ2) is 8.83. The molecule has 1 N–H and O–H groups in total. The second-order valence-corrected chi connectivity index (χ2v) is 8.09. The summed E-state index contributed by atoms with van der Waals surface area (Å²) in [5, 5.41) is 3.31. The predicted octanol–water partition coefficient (Wildman–Crippen LogP) is 3.38. The molecule has 8 heteroatoms. The third kappa shape index (κ3) is 4.15. The maximum absolute atomic E-state index is 13.2. The number of carbonyl (C=O) groups is 1. The summed E-state index contributed by atoms with van der Waals surface area (Å²) in [5.74, 6) is 0.366. The summed E-state index contributed by atoms with van der Waals surface area (Å²) in [6, 6.07) is 5.17. The lowest BCUT2D eigenvalue weighted by atomic mass is 10.1. The van der Waals surface area contributed by atoms with E-state index in [-0.39, 0.29) is 11.5 Å². The summed E-state index contributed by atoms with van der Waals surface area (Å²) in [6.07, 6.45) is 6.87. The summed E-state index contributed by atoms with van der Waals surface area (Å²) in [4.78, 5) is 41.7. The summed E-state index contributed by atoms with van der Waals surface area (Å²) in [7, 11) is 0. The normalized spacial score (nSPS) is 15.1. The molecule has 2 aromatic heterocycles. The summed E-state index contributed by atoms with van der Waals surface area (Å²) < 4.78 is 1.38. The van der Waals surface area contributed by atoms with Crippen LogP contribution in [-0.2, 0) is 4.79 Å². The molecule has 0 saturated carbocycles. The Bertz CT molecular complexity index is 1150. The van der Waals surface area contributed by atoms with Crippen LogP contribution < -0.4 is 15.8 Å². The van der Waals surface area contributed by atoms with Crippen LogP contribution in [0.15, 0.2) is 35.5 Å². The zero-order valence-electron chi connectivity index (χ0n) is 18.3. The van der Waals surface area contributed by atoms with E-state index in [2.05, 4.69) is 25.2 Å². The number of anilines is 2. The number of para-hydroxylation sites is 1. The molecule has 1 aliphatic rings. The van der Waals surface area contributed by atoms with E-state index in [0.717, 1.165) is 42.7 Å². The van der Waals surface area contributed by atoms with Crippen LogP contribution in [0.25, 0.3) is 11.0 Å². The maximum atomic E-state index is 13.2. The van der Waals surface area contributed by atoms with Gasteiger partial charge in [0.2, 0.25) is 11.9 Å². The number of carbonyl (C=O) groups excluding carboxylic acids is 1. The lowest BCUT2D eigenvalue weighted by Crippen LogP contribution is -2.34. The maximum Gasteiger partial charge on any atom is 0.265 e. The number of piperidine rings is 1. The topological polar surface area (TPSA) is 93.0 Å². The zero-order valence-corrected chi connectivity index (χ0v) is 18.3. The lowest BCUT2D eigenvalue weighted by Gasteiger charge is -2.26. The first-order valence-electron chi connectivity index (χ1n) is 10.9. The SMILES string of the molecule is CCC(C(=O)Nc1c(C)cccc1C)n1cnc2nc(N3CCCCC3)ncc2c1=O. The molecule has 1 aromatic carbocycles. The van der Waals surface area contributed by atoms with Crippen LogP contribution in [0, 0.1) is 13.8 Å². The predicted molar refractivity (Wildman–Crippen MR) is 122 cm³/mol. The van der Waals surface area contributed by atoms with E-state index in [1.807, 2.05) is 39.0 Å². The van der Waals surface area contributed by atoms with E-state index in [1.54, 1.807) is 0 Å². The van der Waals surface area contributed by atoms with Crippen LogP contribution >= 0.6 is 0 Å². The van der Waals surface area contributed by atoms with E-state index in [4.69, 9.17) is 0 Å². The van der Waals surface area contributed by atoms with Gasteiger partial charge in [-0.3, -0.25) is 14.2 Å². The fourth-order valence-corrected chi connectivity index (χ4v) is 4.12. The van der Waals surface area contributed by atoms with Crippen molar-refractivity contribution < 1.29 is 4.79 Å². The Morgan fingerprint density at radius 2 is 1.84 bits per heavy atom. The number of aromatic nitrogens is 4. The first kappa shape index (κ1) is 21.0. The average molecular weight is 421 g/mol. The smallest absolute Gasteiger partial charge is 0.265 e. The highest BCUT2D eigenvalue weighted by Gasteiger charge is 2.23. The largest absolute Gasteiger partial charge is 0.341 e. The van der Waals surface area contributed by atoms with Crippen LogP contribution in [0.4, 0.5) is 11.6 Å². The third-order valence-corrected chi connectivity index (χ3v) is 5.92. The van der Waals surface area contributed by atoms with Gasteiger partial charge in [0.25, 0.3) is 5.56 Å². The molecule has 1 aliphatic heterocycles. The number of rotatable bonds is 5. The fraction of sp³-hybridized carbons (Fsp3) is 0.435. The van der Waals surface area contributed by atoms with Gasteiger partial charge in [0.15, 0.2) is 5.65 Å². The van der Waals surface area contributed by atoms with Gasteiger partial charge in [-0.15, -0.1) is 0 Å². The Kier molecular flexibility index (Phi) is 5.97. The summed E-state index contributed by atoms with van der Waals surface area (Å²) in [6.45, 7) is 7.61. The minimum atomic E-state index is -0.676. The number of nitrogens with zero attached hydrogens (tertiary/aromatic N) is 5. The Morgan fingerprint density at radius 3 is 2.52 bits per heavy atom. The quantitative estimate of drug-likeness (QED) is 0.680. The Hall–Kier alpha value is -3.29. The van der Waals surface area contributed by atoms with Gasteiger partial charge in [0.05, 0.1) is 0 Å². The van der Waals surface area contributed by atoms with Gasteiger partial charge in [0, 0.05) is 25.0 Å². The van der Waals surface area contributed by atoms with E-state index < -0.39 is 6.04 Å². The molecule has 0 spiro atoms. The molecule has 0 aliphatic carbocycles. The van der Waals surface area contributed by atoms with Crippen molar-refractivity contribution in [1.29, 1.82) is 0 Å². The molecule has 0 bridgehead atoms.